The number of amides is 3. The van der Waals surface area contributed by atoms with Crippen LogP contribution in [0.15, 0.2) is 35.7 Å². The molecule has 0 bridgehead atoms. The Morgan fingerprint density at radius 2 is 1.93 bits per heavy atom. The average Bonchev–Trinajstić information content (AvgIpc) is 2.68. The number of carbonyl (C=O) groups is 4. The van der Waals surface area contributed by atoms with Crippen LogP contribution in [0.3, 0.4) is 0 Å². The van der Waals surface area contributed by atoms with Gasteiger partial charge in [-0.1, -0.05) is 31.5 Å². The van der Waals surface area contributed by atoms with E-state index in [0.717, 1.165) is 12.8 Å². The number of urea groups is 1. The Hall–Kier alpha value is -3.36. The number of nitrogens with one attached hydrogen (secondary N) is 3. The summed E-state index contributed by atoms with van der Waals surface area (Å²) in [5.74, 6) is -2.17. The van der Waals surface area contributed by atoms with Gasteiger partial charge in [-0.3, -0.25) is 14.9 Å². The topological polar surface area (TPSA) is 123 Å². The Morgan fingerprint density at radius 3 is 2.60 bits per heavy atom. The molecule has 9 heteroatoms. The molecule has 1 atom stereocenters. The summed E-state index contributed by atoms with van der Waals surface area (Å²) >= 11 is 0. The van der Waals surface area contributed by atoms with Crippen LogP contribution in [-0.2, 0) is 19.1 Å². The van der Waals surface area contributed by atoms with Crippen molar-refractivity contribution >= 4 is 23.9 Å². The van der Waals surface area contributed by atoms with Crippen molar-refractivity contribution in [1.82, 2.24) is 16.0 Å². The molecule has 0 saturated carbocycles. The van der Waals surface area contributed by atoms with E-state index in [0.29, 0.717) is 12.1 Å². The van der Waals surface area contributed by atoms with Crippen LogP contribution in [0.1, 0.15) is 51.5 Å². The van der Waals surface area contributed by atoms with Crippen LogP contribution < -0.4 is 20.7 Å². The van der Waals surface area contributed by atoms with Crippen molar-refractivity contribution in [3.63, 3.8) is 0 Å². The Bertz CT molecular complexity index is 849. The van der Waals surface area contributed by atoms with Crippen molar-refractivity contribution in [2.75, 3.05) is 13.2 Å². The fraction of sp³-hybridized carbons (Fsp3) is 0.429. The first-order valence-corrected chi connectivity index (χ1v) is 9.90. The van der Waals surface area contributed by atoms with Gasteiger partial charge in [0.05, 0.1) is 12.2 Å². The second-order valence-electron chi connectivity index (χ2n) is 6.68. The van der Waals surface area contributed by atoms with Gasteiger partial charge in [0.15, 0.2) is 0 Å². The molecule has 1 aliphatic heterocycles. The molecule has 2 rings (SSSR count). The number of benzene rings is 1. The molecule has 30 heavy (non-hydrogen) atoms. The summed E-state index contributed by atoms with van der Waals surface area (Å²) < 4.78 is 10.4. The van der Waals surface area contributed by atoms with Crippen molar-refractivity contribution < 1.29 is 28.7 Å². The van der Waals surface area contributed by atoms with Gasteiger partial charge in [0.2, 0.25) is 5.91 Å². The predicted molar refractivity (Wildman–Crippen MR) is 108 cm³/mol. The molecule has 0 radical (unpaired) electrons. The maximum Gasteiger partial charge on any atom is 0.338 e. The standard InChI is InChI=1S/C21H27N3O6/c1-4-6-11-22-21(28)24-19-18(20(27)29-5-2)15(12-17(26)23-19)14-9-7-8-10-16(14)30-13(3)25/h7-10,15H,4-6,11-12H2,1-3H3,(H,23,26)(H2,22,24,28). The van der Waals surface area contributed by atoms with Crippen molar-refractivity contribution in [3.05, 3.63) is 41.2 Å². The van der Waals surface area contributed by atoms with Gasteiger partial charge in [-0.05, 0) is 19.4 Å². The van der Waals surface area contributed by atoms with Gasteiger partial charge < -0.3 is 20.1 Å². The highest BCUT2D eigenvalue weighted by Crippen LogP contribution is 2.37. The van der Waals surface area contributed by atoms with Gasteiger partial charge in [-0.15, -0.1) is 0 Å². The number of esters is 2. The summed E-state index contributed by atoms with van der Waals surface area (Å²) in [7, 11) is 0. The SMILES string of the molecule is CCCCNC(=O)NC1=C(C(=O)OCC)C(c2ccccc2OC(C)=O)CC(=O)N1. The number of para-hydroxylation sites is 1. The second kappa shape index (κ2) is 11.0. The molecule has 0 fully saturated rings. The van der Waals surface area contributed by atoms with E-state index in [4.69, 9.17) is 9.47 Å². The number of hydrogen-bond donors (Lipinski definition) is 3. The van der Waals surface area contributed by atoms with Gasteiger partial charge in [-0.25, -0.2) is 9.59 Å². The lowest BCUT2D eigenvalue weighted by atomic mass is 9.85. The molecule has 1 heterocycles. The minimum Gasteiger partial charge on any atom is -0.463 e. The molecule has 1 unspecified atom stereocenters. The summed E-state index contributed by atoms with van der Waals surface area (Å²) in [4.78, 5) is 48.9. The number of carbonyl (C=O) groups excluding carboxylic acids is 4. The van der Waals surface area contributed by atoms with Crippen LogP contribution in [0.25, 0.3) is 0 Å². The normalized spacial score (nSPS) is 15.8. The van der Waals surface area contributed by atoms with Crippen LogP contribution >= 0.6 is 0 Å². The average molecular weight is 417 g/mol. The summed E-state index contributed by atoms with van der Waals surface area (Å²) in [5, 5.41) is 7.77. The molecule has 1 aliphatic rings. The van der Waals surface area contributed by atoms with E-state index in [1.165, 1.54) is 6.92 Å². The van der Waals surface area contributed by atoms with Crippen LogP contribution in [-0.4, -0.2) is 37.0 Å². The Morgan fingerprint density at radius 1 is 1.20 bits per heavy atom. The lowest BCUT2D eigenvalue weighted by molar-refractivity contribution is -0.139. The number of ether oxygens (including phenoxy) is 2. The van der Waals surface area contributed by atoms with E-state index in [-0.39, 0.29) is 30.2 Å². The van der Waals surface area contributed by atoms with Crippen LogP contribution in [0.2, 0.25) is 0 Å². The Kier molecular flexibility index (Phi) is 8.40. The zero-order chi connectivity index (χ0) is 22.1. The third kappa shape index (κ3) is 6.07. The lowest BCUT2D eigenvalue weighted by Crippen LogP contribution is -2.46. The Balaban J connectivity index is 2.47. The van der Waals surface area contributed by atoms with Crippen molar-refractivity contribution in [2.45, 2.75) is 46.0 Å². The third-order valence-corrected chi connectivity index (χ3v) is 4.37. The van der Waals surface area contributed by atoms with Crippen molar-refractivity contribution in [3.8, 4) is 5.75 Å². The van der Waals surface area contributed by atoms with Gasteiger partial charge >= 0.3 is 18.0 Å². The molecule has 0 saturated heterocycles. The van der Waals surface area contributed by atoms with Crippen LogP contribution in [0, 0.1) is 0 Å². The second-order valence-corrected chi connectivity index (χ2v) is 6.68. The molecule has 0 aromatic heterocycles. The molecule has 1 aromatic rings. The van der Waals surface area contributed by atoms with Crippen molar-refractivity contribution in [2.24, 2.45) is 0 Å². The summed E-state index contributed by atoms with van der Waals surface area (Å²) in [5.41, 5.74) is 0.554. The largest absolute Gasteiger partial charge is 0.463 e. The molecule has 1 aromatic carbocycles. The highest BCUT2D eigenvalue weighted by Gasteiger charge is 2.36. The van der Waals surface area contributed by atoms with E-state index < -0.39 is 29.8 Å². The Labute approximate surface area is 175 Å². The van der Waals surface area contributed by atoms with E-state index >= 15 is 0 Å². The molecule has 0 aliphatic carbocycles. The number of unbranched alkanes of at least 4 members (excludes halogenated alkanes) is 1. The van der Waals surface area contributed by atoms with Gasteiger partial charge in [0, 0.05) is 31.4 Å². The van der Waals surface area contributed by atoms with Gasteiger partial charge in [-0.2, -0.15) is 0 Å². The van der Waals surface area contributed by atoms with Gasteiger partial charge in [0.25, 0.3) is 0 Å². The molecule has 3 N–H and O–H groups in total. The van der Waals surface area contributed by atoms with E-state index in [1.807, 2.05) is 6.92 Å². The third-order valence-electron chi connectivity index (χ3n) is 4.37. The summed E-state index contributed by atoms with van der Waals surface area (Å²) in [6, 6.07) is 6.09. The van der Waals surface area contributed by atoms with Crippen LogP contribution in [0.4, 0.5) is 4.79 Å². The van der Waals surface area contributed by atoms with Gasteiger partial charge in [0.1, 0.15) is 11.6 Å². The first-order chi connectivity index (χ1) is 14.4. The first-order valence-electron chi connectivity index (χ1n) is 9.90. The van der Waals surface area contributed by atoms with Crippen molar-refractivity contribution in [1.29, 1.82) is 0 Å². The predicted octanol–water partition coefficient (Wildman–Crippen LogP) is 2.09. The first kappa shape index (κ1) is 22.9. The smallest absolute Gasteiger partial charge is 0.338 e. The maximum atomic E-state index is 12.8. The molecule has 9 nitrogen and oxygen atoms in total. The minimum atomic E-state index is -0.765. The number of rotatable bonds is 8. The maximum absolute atomic E-state index is 12.8. The lowest BCUT2D eigenvalue weighted by Gasteiger charge is -2.28. The zero-order valence-corrected chi connectivity index (χ0v) is 17.4. The van der Waals surface area contributed by atoms with E-state index in [9.17, 15) is 19.2 Å². The van der Waals surface area contributed by atoms with E-state index in [1.54, 1.807) is 31.2 Å². The monoisotopic (exact) mass is 417 g/mol. The molecule has 3 amide bonds. The fourth-order valence-electron chi connectivity index (χ4n) is 3.09. The zero-order valence-electron chi connectivity index (χ0n) is 17.4. The molecule has 0 spiro atoms. The molecule has 162 valence electrons. The fourth-order valence-corrected chi connectivity index (χ4v) is 3.09. The molecular formula is C21H27N3O6. The van der Waals surface area contributed by atoms with E-state index in [2.05, 4.69) is 16.0 Å². The number of hydrogen-bond acceptors (Lipinski definition) is 6. The quantitative estimate of drug-likeness (QED) is 0.338. The summed E-state index contributed by atoms with van der Waals surface area (Å²) in [6.45, 7) is 5.49. The highest BCUT2D eigenvalue weighted by molar-refractivity contribution is 5.97. The molecular weight excluding hydrogens is 390 g/mol. The highest BCUT2D eigenvalue weighted by atomic mass is 16.5. The summed E-state index contributed by atoms with van der Waals surface area (Å²) in [6.07, 6.45) is 1.62. The minimum absolute atomic E-state index is 0.0404. The van der Waals surface area contributed by atoms with Crippen LogP contribution in [0.5, 0.6) is 5.75 Å².